The van der Waals surface area contributed by atoms with Gasteiger partial charge in [0.25, 0.3) is 0 Å². The van der Waals surface area contributed by atoms with Gasteiger partial charge in [-0.1, -0.05) is 18.6 Å². The summed E-state index contributed by atoms with van der Waals surface area (Å²) in [7, 11) is 0. The first kappa shape index (κ1) is 21.8. The molecule has 1 aliphatic carbocycles. The van der Waals surface area contributed by atoms with Crippen LogP contribution < -0.4 is 15.4 Å². The summed E-state index contributed by atoms with van der Waals surface area (Å²) in [5.41, 5.74) is 2.51. The van der Waals surface area contributed by atoms with Crippen molar-refractivity contribution in [1.29, 1.82) is 0 Å². The van der Waals surface area contributed by atoms with Gasteiger partial charge in [0.2, 0.25) is 0 Å². The topological polar surface area (TPSA) is 51.8 Å². The van der Waals surface area contributed by atoms with Crippen molar-refractivity contribution in [3.8, 4) is 5.75 Å². The second-order valence-electron chi connectivity index (χ2n) is 8.37. The molecule has 28 heavy (non-hydrogen) atoms. The fourth-order valence-electron chi connectivity index (χ4n) is 4.69. The van der Waals surface area contributed by atoms with E-state index in [1.807, 2.05) is 0 Å². The number of hydrogen-bond acceptors (Lipinski definition) is 5. The normalized spacial score (nSPS) is 30.2. The Morgan fingerprint density at radius 2 is 2.04 bits per heavy atom. The van der Waals surface area contributed by atoms with Gasteiger partial charge in [0.05, 0.1) is 26.4 Å². The van der Waals surface area contributed by atoms with Crippen LogP contribution in [0.3, 0.4) is 0 Å². The van der Waals surface area contributed by atoms with Crippen LogP contribution in [0.1, 0.15) is 36.8 Å². The van der Waals surface area contributed by atoms with Gasteiger partial charge in [0, 0.05) is 43.3 Å². The number of ether oxygens (including phenoxy) is 3. The molecule has 1 aromatic rings. The van der Waals surface area contributed by atoms with Gasteiger partial charge in [-0.2, -0.15) is 0 Å². The van der Waals surface area contributed by atoms with E-state index in [2.05, 4.69) is 35.8 Å². The van der Waals surface area contributed by atoms with Crippen LogP contribution in [0.2, 0.25) is 0 Å². The van der Waals surface area contributed by atoms with Crippen molar-refractivity contribution < 1.29 is 14.2 Å². The molecule has 6 heteroatoms. The Bertz CT molecular complexity index is 603. The maximum Gasteiger partial charge on any atom is 0.124 e. The molecule has 1 saturated carbocycles. The molecule has 2 saturated heterocycles. The van der Waals surface area contributed by atoms with E-state index in [0.717, 1.165) is 58.3 Å². The molecule has 5 nitrogen and oxygen atoms in total. The predicted molar refractivity (Wildman–Crippen MR) is 113 cm³/mol. The number of halogens is 1. The second kappa shape index (κ2) is 10.8. The SMILES string of the molecule is Cc1ccc(CNC2CCCC2C2COCCN2)c(OCC2CCOC2)c1.Cl. The second-order valence-corrected chi connectivity index (χ2v) is 8.37. The molecule has 4 rings (SSSR count). The molecule has 2 N–H and O–H groups in total. The molecule has 0 amide bonds. The number of rotatable bonds is 7. The van der Waals surface area contributed by atoms with Crippen molar-refractivity contribution in [2.75, 3.05) is 39.6 Å². The standard InChI is InChI=1S/C22H34N2O3.ClH/c1-16-5-6-18(22(11-16)27-14-17-7-9-25-13-17)12-24-20-4-2-3-19(20)21-15-26-10-8-23-21;/h5-6,11,17,19-21,23-24H,2-4,7-10,12-15H2,1H3;1H. The molecule has 158 valence electrons. The third kappa shape index (κ3) is 5.61. The summed E-state index contributed by atoms with van der Waals surface area (Å²) in [5.74, 6) is 2.22. The highest BCUT2D eigenvalue weighted by atomic mass is 35.5. The number of benzene rings is 1. The molecule has 3 aliphatic rings. The van der Waals surface area contributed by atoms with Crippen molar-refractivity contribution in [2.24, 2.45) is 11.8 Å². The monoisotopic (exact) mass is 410 g/mol. The maximum absolute atomic E-state index is 6.21. The zero-order chi connectivity index (χ0) is 18.5. The highest BCUT2D eigenvalue weighted by molar-refractivity contribution is 5.85. The molecular weight excluding hydrogens is 376 g/mol. The molecule has 1 aromatic carbocycles. The Kier molecular flexibility index (Phi) is 8.42. The van der Waals surface area contributed by atoms with Gasteiger partial charge < -0.3 is 24.8 Å². The molecule has 2 aliphatic heterocycles. The summed E-state index contributed by atoms with van der Waals surface area (Å²) in [6.45, 7) is 8.14. The van der Waals surface area contributed by atoms with E-state index in [-0.39, 0.29) is 12.4 Å². The molecule has 4 atom stereocenters. The minimum Gasteiger partial charge on any atom is -0.493 e. The molecule has 3 fully saturated rings. The van der Waals surface area contributed by atoms with Crippen LogP contribution in [0.15, 0.2) is 18.2 Å². The largest absolute Gasteiger partial charge is 0.493 e. The van der Waals surface area contributed by atoms with Crippen molar-refractivity contribution >= 4 is 12.4 Å². The lowest BCUT2D eigenvalue weighted by molar-refractivity contribution is 0.0524. The first-order valence-electron chi connectivity index (χ1n) is 10.6. The van der Waals surface area contributed by atoms with E-state index in [1.54, 1.807) is 0 Å². The van der Waals surface area contributed by atoms with Gasteiger partial charge in [-0.05, 0) is 43.7 Å². The van der Waals surface area contributed by atoms with E-state index in [4.69, 9.17) is 14.2 Å². The Hall–Kier alpha value is -0.850. The molecule has 2 heterocycles. The number of morpholine rings is 1. The molecule has 0 aromatic heterocycles. The van der Waals surface area contributed by atoms with Gasteiger partial charge >= 0.3 is 0 Å². The fraction of sp³-hybridized carbons (Fsp3) is 0.727. The van der Waals surface area contributed by atoms with Crippen LogP contribution in [-0.4, -0.2) is 51.7 Å². The smallest absolute Gasteiger partial charge is 0.124 e. The quantitative estimate of drug-likeness (QED) is 0.723. The summed E-state index contributed by atoms with van der Waals surface area (Å²) in [6.07, 6.45) is 4.96. The van der Waals surface area contributed by atoms with E-state index in [9.17, 15) is 0 Å². The van der Waals surface area contributed by atoms with Crippen molar-refractivity contribution in [3.05, 3.63) is 29.3 Å². The predicted octanol–water partition coefficient (Wildman–Crippen LogP) is 3.08. The minimum atomic E-state index is 0. The molecular formula is C22H35ClN2O3. The number of hydrogen-bond donors (Lipinski definition) is 2. The Morgan fingerprint density at radius 1 is 1.14 bits per heavy atom. The zero-order valence-corrected chi connectivity index (χ0v) is 17.8. The van der Waals surface area contributed by atoms with Crippen LogP contribution in [0.5, 0.6) is 5.75 Å². The van der Waals surface area contributed by atoms with E-state index >= 15 is 0 Å². The van der Waals surface area contributed by atoms with Crippen LogP contribution in [0.25, 0.3) is 0 Å². The van der Waals surface area contributed by atoms with Crippen LogP contribution >= 0.6 is 12.4 Å². The van der Waals surface area contributed by atoms with Crippen LogP contribution in [0, 0.1) is 18.8 Å². The summed E-state index contributed by atoms with van der Waals surface area (Å²) >= 11 is 0. The summed E-state index contributed by atoms with van der Waals surface area (Å²) < 4.78 is 17.4. The average Bonchev–Trinajstić information content (AvgIpc) is 3.38. The van der Waals surface area contributed by atoms with Gasteiger partial charge in [-0.3, -0.25) is 0 Å². The average molecular weight is 411 g/mol. The maximum atomic E-state index is 6.21. The Labute approximate surface area is 175 Å². The minimum absolute atomic E-state index is 0. The highest BCUT2D eigenvalue weighted by Crippen LogP contribution is 2.30. The van der Waals surface area contributed by atoms with Gasteiger partial charge in [-0.25, -0.2) is 0 Å². The highest BCUT2D eigenvalue weighted by Gasteiger charge is 2.34. The summed E-state index contributed by atoms with van der Waals surface area (Å²) in [6, 6.07) is 7.63. The third-order valence-electron chi connectivity index (χ3n) is 6.31. The van der Waals surface area contributed by atoms with E-state index in [1.165, 1.54) is 30.4 Å². The lowest BCUT2D eigenvalue weighted by Gasteiger charge is -2.33. The third-order valence-corrected chi connectivity index (χ3v) is 6.31. The van der Waals surface area contributed by atoms with Crippen LogP contribution in [-0.2, 0) is 16.0 Å². The summed E-state index contributed by atoms with van der Waals surface area (Å²) in [4.78, 5) is 0. The first-order valence-corrected chi connectivity index (χ1v) is 10.6. The van der Waals surface area contributed by atoms with Crippen molar-refractivity contribution in [3.63, 3.8) is 0 Å². The van der Waals surface area contributed by atoms with Crippen LogP contribution in [0.4, 0.5) is 0 Å². The van der Waals surface area contributed by atoms with Crippen molar-refractivity contribution in [2.45, 2.75) is 51.2 Å². The number of aryl methyl sites for hydroxylation is 1. The number of nitrogens with one attached hydrogen (secondary N) is 2. The van der Waals surface area contributed by atoms with E-state index in [0.29, 0.717) is 23.9 Å². The molecule has 4 unspecified atom stereocenters. The first-order chi connectivity index (χ1) is 13.3. The Balaban J connectivity index is 0.00000225. The van der Waals surface area contributed by atoms with E-state index < -0.39 is 0 Å². The lowest BCUT2D eigenvalue weighted by Crippen LogP contribution is -2.50. The molecule has 0 spiro atoms. The lowest BCUT2D eigenvalue weighted by atomic mass is 9.94. The van der Waals surface area contributed by atoms with Gasteiger partial charge in [0.15, 0.2) is 0 Å². The van der Waals surface area contributed by atoms with Gasteiger partial charge in [0.1, 0.15) is 5.75 Å². The molecule has 0 bridgehead atoms. The fourth-order valence-corrected chi connectivity index (χ4v) is 4.69. The molecule has 0 radical (unpaired) electrons. The summed E-state index contributed by atoms with van der Waals surface area (Å²) in [5, 5.41) is 7.49. The zero-order valence-electron chi connectivity index (χ0n) is 17.0. The van der Waals surface area contributed by atoms with Crippen molar-refractivity contribution in [1.82, 2.24) is 10.6 Å². The Morgan fingerprint density at radius 3 is 2.82 bits per heavy atom. The van der Waals surface area contributed by atoms with Gasteiger partial charge in [-0.15, -0.1) is 12.4 Å².